The van der Waals surface area contributed by atoms with Crippen molar-refractivity contribution in [3.05, 3.63) is 126 Å². The fraction of sp³-hybridized carbons (Fsp3) is 0.0769. The summed E-state index contributed by atoms with van der Waals surface area (Å²) >= 11 is 0. The van der Waals surface area contributed by atoms with Gasteiger partial charge < -0.3 is 17.0 Å². The summed E-state index contributed by atoms with van der Waals surface area (Å²) in [5.74, 6) is 0. The van der Waals surface area contributed by atoms with Crippen LogP contribution >= 0.6 is 0 Å². The molecule has 0 bridgehead atoms. The largest absolute Gasteiger partial charge is 1.00 e. The first kappa shape index (κ1) is 20.5. The maximum absolute atomic E-state index is 9.29. The van der Waals surface area contributed by atoms with Gasteiger partial charge in [-0.25, -0.2) is 4.57 Å². The third-order valence-corrected chi connectivity index (χ3v) is 4.89. The molecule has 0 amide bonds. The highest BCUT2D eigenvalue weighted by atomic mass is 79.9. The van der Waals surface area contributed by atoms with Gasteiger partial charge in [-0.3, -0.25) is 0 Å². The van der Waals surface area contributed by atoms with E-state index < -0.39 is 0 Å². The number of hydrogen-bond acceptors (Lipinski definition) is 1. The van der Waals surface area contributed by atoms with Crippen molar-refractivity contribution in [1.82, 2.24) is 0 Å². The Hall–Kier alpha value is -3.22. The summed E-state index contributed by atoms with van der Waals surface area (Å²) in [6, 6.07) is 33.3. The molecule has 0 aliphatic heterocycles. The molecule has 29 heavy (non-hydrogen) atoms. The van der Waals surface area contributed by atoms with Crippen LogP contribution in [-0.2, 0) is 13.0 Å². The van der Waals surface area contributed by atoms with Gasteiger partial charge in [0.25, 0.3) is 0 Å². The Labute approximate surface area is 182 Å². The molecule has 0 aliphatic rings. The predicted octanol–water partition coefficient (Wildman–Crippen LogP) is 2.16. The van der Waals surface area contributed by atoms with Gasteiger partial charge >= 0.3 is 0 Å². The average Bonchev–Trinajstić information content (AvgIpc) is 2.76. The highest BCUT2D eigenvalue weighted by molar-refractivity contribution is 5.70. The fourth-order valence-corrected chi connectivity index (χ4v) is 3.38. The van der Waals surface area contributed by atoms with Crippen LogP contribution in [0.25, 0.3) is 11.1 Å². The van der Waals surface area contributed by atoms with Gasteiger partial charge in [-0.05, 0) is 34.7 Å². The fourth-order valence-electron chi connectivity index (χ4n) is 3.38. The molecular weight excluding hydrogens is 420 g/mol. The zero-order chi connectivity index (χ0) is 19.2. The van der Waals surface area contributed by atoms with Crippen LogP contribution < -0.4 is 21.5 Å². The van der Waals surface area contributed by atoms with E-state index in [-0.39, 0.29) is 17.0 Å². The van der Waals surface area contributed by atoms with Gasteiger partial charge in [0.2, 0.25) is 0 Å². The highest BCUT2D eigenvalue weighted by Gasteiger charge is 2.07. The first-order valence-corrected chi connectivity index (χ1v) is 9.42. The van der Waals surface area contributed by atoms with Crippen molar-refractivity contribution in [3.8, 4) is 17.2 Å². The maximum atomic E-state index is 9.29. The molecule has 1 aromatic heterocycles. The van der Waals surface area contributed by atoms with Crippen LogP contribution in [0, 0.1) is 11.3 Å². The predicted molar refractivity (Wildman–Crippen MR) is 112 cm³/mol. The van der Waals surface area contributed by atoms with Gasteiger partial charge in [0.05, 0.1) is 11.6 Å². The molecule has 1 heterocycles. The minimum Gasteiger partial charge on any atom is -1.00 e. The SMILES string of the molecule is N#Cc1ccccc1-c1ccc(C[n+]2ccc(Cc3ccccc3)cc2)cc1.[Br-]. The van der Waals surface area contributed by atoms with Crippen molar-refractivity contribution in [1.29, 1.82) is 5.26 Å². The van der Waals surface area contributed by atoms with Gasteiger partial charge in [0, 0.05) is 17.7 Å². The smallest absolute Gasteiger partial charge is 0.173 e. The first-order valence-electron chi connectivity index (χ1n) is 9.42. The van der Waals surface area contributed by atoms with Crippen molar-refractivity contribution in [3.63, 3.8) is 0 Å². The van der Waals surface area contributed by atoms with Crippen molar-refractivity contribution >= 4 is 0 Å². The quantitative estimate of drug-likeness (QED) is 0.437. The lowest BCUT2D eigenvalue weighted by Crippen LogP contribution is -3.00. The standard InChI is InChI=1S/C26H21N2.BrH/c27-19-25-8-4-5-9-26(25)24-12-10-23(11-13-24)20-28-16-14-22(15-17-28)18-21-6-2-1-3-7-21;/h1-17H,18,20H2;1H/q+1;/p-1. The van der Waals surface area contributed by atoms with Crippen molar-refractivity contribution in [2.75, 3.05) is 0 Å². The zero-order valence-electron chi connectivity index (χ0n) is 16.0. The molecule has 0 radical (unpaired) electrons. The summed E-state index contributed by atoms with van der Waals surface area (Å²) in [4.78, 5) is 0. The van der Waals surface area contributed by atoms with Crippen molar-refractivity contribution in [2.45, 2.75) is 13.0 Å². The van der Waals surface area contributed by atoms with Gasteiger partial charge in [-0.15, -0.1) is 0 Å². The second-order valence-electron chi connectivity index (χ2n) is 6.90. The summed E-state index contributed by atoms with van der Waals surface area (Å²) in [6.07, 6.45) is 5.23. The van der Waals surface area contributed by atoms with E-state index in [0.29, 0.717) is 5.56 Å². The molecule has 0 spiro atoms. The molecule has 0 unspecified atom stereocenters. The monoisotopic (exact) mass is 440 g/mol. The molecule has 3 heteroatoms. The average molecular weight is 441 g/mol. The minimum absolute atomic E-state index is 0. The van der Waals surface area contributed by atoms with E-state index >= 15 is 0 Å². The number of aromatic nitrogens is 1. The van der Waals surface area contributed by atoms with Gasteiger partial charge in [-0.2, -0.15) is 5.26 Å². The Kier molecular flexibility index (Phi) is 6.94. The lowest BCUT2D eigenvalue weighted by atomic mass is 9.99. The van der Waals surface area contributed by atoms with Crippen molar-refractivity contribution < 1.29 is 21.5 Å². The number of halogens is 1. The van der Waals surface area contributed by atoms with Crippen molar-refractivity contribution in [2.24, 2.45) is 0 Å². The molecule has 0 atom stereocenters. The minimum atomic E-state index is 0. The Balaban J connectivity index is 0.00000240. The topological polar surface area (TPSA) is 27.7 Å². The Morgan fingerprint density at radius 3 is 1.97 bits per heavy atom. The Morgan fingerprint density at radius 2 is 1.28 bits per heavy atom. The molecule has 4 aromatic rings. The first-order chi connectivity index (χ1) is 13.8. The van der Waals surface area contributed by atoms with E-state index in [9.17, 15) is 5.26 Å². The molecule has 0 aliphatic carbocycles. The van der Waals surface area contributed by atoms with E-state index in [1.165, 1.54) is 16.7 Å². The van der Waals surface area contributed by atoms with Crippen LogP contribution in [0.2, 0.25) is 0 Å². The van der Waals surface area contributed by atoms with Crippen LogP contribution in [-0.4, -0.2) is 0 Å². The molecule has 0 saturated heterocycles. The summed E-state index contributed by atoms with van der Waals surface area (Å²) < 4.78 is 2.19. The summed E-state index contributed by atoms with van der Waals surface area (Å²) in [5.41, 5.74) is 6.63. The summed E-state index contributed by atoms with van der Waals surface area (Å²) in [6.45, 7) is 0.825. The zero-order valence-corrected chi connectivity index (χ0v) is 17.6. The van der Waals surface area contributed by atoms with Crippen LogP contribution in [0.5, 0.6) is 0 Å². The second kappa shape index (κ2) is 9.82. The number of hydrogen-bond donors (Lipinski definition) is 0. The molecule has 142 valence electrons. The summed E-state index contributed by atoms with van der Waals surface area (Å²) in [7, 11) is 0. The molecule has 0 fully saturated rings. The normalized spacial score (nSPS) is 10.0. The highest BCUT2D eigenvalue weighted by Crippen LogP contribution is 2.23. The maximum Gasteiger partial charge on any atom is 0.173 e. The van der Waals surface area contributed by atoms with Gasteiger partial charge in [-0.1, -0.05) is 72.8 Å². The third kappa shape index (κ3) is 5.19. The van der Waals surface area contributed by atoms with E-state index in [1.807, 2.05) is 30.3 Å². The second-order valence-corrected chi connectivity index (χ2v) is 6.90. The molecule has 0 saturated carbocycles. The molecule has 4 rings (SSSR count). The molecule has 0 N–H and O–H groups in total. The molecular formula is C26H21BrN2. The molecule has 2 nitrogen and oxygen atoms in total. The lowest BCUT2D eigenvalue weighted by Gasteiger charge is -2.05. The Bertz CT molecular complexity index is 1100. The van der Waals surface area contributed by atoms with Crippen LogP contribution in [0.3, 0.4) is 0 Å². The Morgan fingerprint density at radius 1 is 0.655 bits per heavy atom. The molecule has 3 aromatic carbocycles. The summed E-state index contributed by atoms with van der Waals surface area (Å²) in [5, 5.41) is 9.29. The van der Waals surface area contributed by atoms with Gasteiger partial charge in [0.15, 0.2) is 18.9 Å². The number of rotatable bonds is 5. The van der Waals surface area contributed by atoms with E-state index in [1.54, 1.807) is 0 Å². The third-order valence-electron chi connectivity index (χ3n) is 4.89. The van der Waals surface area contributed by atoms with Crippen LogP contribution in [0.4, 0.5) is 0 Å². The number of nitrogens with zero attached hydrogens (tertiary/aromatic N) is 2. The van der Waals surface area contributed by atoms with Crippen LogP contribution in [0.1, 0.15) is 22.3 Å². The number of benzene rings is 3. The van der Waals surface area contributed by atoms with Gasteiger partial charge in [0.1, 0.15) is 0 Å². The van der Waals surface area contributed by atoms with E-state index in [4.69, 9.17) is 0 Å². The number of nitriles is 1. The van der Waals surface area contributed by atoms with Crippen LogP contribution in [0.15, 0.2) is 103 Å². The lowest BCUT2D eigenvalue weighted by molar-refractivity contribution is -0.688. The number of pyridine rings is 1. The van der Waals surface area contributed by atoms with E-state index in [2.05, 4.69) is 83.7 Å². The van der Waals surface area contributed by atoms with E-state index in [0.717, 1.165) is 24.1 Å².